The molecule has 1 amide bonds. The van der Waals surface area contributed by atoms with Gasteiger partial charge in [-0.05, 0) is 54.7 Å². The Labute approximate surface area is 199 Å². The fourth-order valence-corrected chi connectivity index (χ4v) is 4.48. The molecule has 1 fully saturated rings. The second kappa shape index (κ2) is 9.53. The summed E-state index contributed by atoms with van der Waals surface area (Å²) in [6, 6.07) is 10.3. The zero-order valence-corrected chi connectivity index (χ0v) is 19.3. The number of carbonyl (C=O) groups is 1. The topological polar surface area (TPSA) is 54.3 Å². The van der Waals surface area contributed by atoms with Crippen molar-refractivity contribution in [3.05, 3.63) is 91.8 Å². The second-order valence-electron chi connectivity index (χ2n) is 8.02. The van der Waals surface area contributed by atoms with Gasteiger partial charge in [-0.25, -0.2) is 8.78 Å². The van der Waals surface area contributed by atoms with Gasteiger partial charge in [0.15, 0.2) is 0 Å². The van der Waals surface area contributed by atoms with E-state index in [1.165, 1.54) is 48.1 Å². The van der Waals surface area contributed by atoms with Gasteiger partial charge < -0.3 is 14.8 Å². The number of aromatic nitrogens is 1. The van der Waals surface area contributed by atoms with Crippen molar-refractivity contribution in [1.29, 1.82) is 0 Å². The van der Waals surface area contributed by atoms with Crippen LogP contribution in [-0.4, -0.2) is 28.5 Å². The lowest BCUT2D eigenvalue weighted by molar-refractivity contribution is 0.0713. The van der Waals surface area contributed by atoms with Crippen LogP contribution in [0.5, 0.6) is 0 Å². The maximum atomic E-state index is 14.3. The van der Waals surface area contributed by atoms with Crippen LogP contribution in [0.25, 0.3) is 0 Å². The maximum Gasteiger partial charge on any atom is 0.271 e. The summed E-state index contributed by atoms with van der Waals surface area (Å²) in [5.41, 5.74) is 0.704. The average Bonchev–Trinajstić information content (AvgIpc) is 2.81. The highest BCUT2D eigenvalue weighted by Crippen LogP contribution is 2.33. The van der Waals surface area contributed by atoms with Crippen molar-refractivity contribution in [2.75, 3.05) is 18.4 Å². The molecule has 5 nitrogen and oxygen atoms in total. The highest BCUT2D eigenvalue weighted by Gasteiger charge is 2.28. The molecule has 0 radical (unpaired) electrons. The van der Waals surface area contributed by atoms with Crippen LogP contribution in [0, 0.1) is 11.6 Å². The fourth-order valence-electron chi connectivity index (χ4n) is 4.03. The van der Waals surface area contributed by atoms with E-state index in [0.717, 1.165) is 5.56 Å². The molecule has 3 aromatic rings. The van der Waals surface area contributed by atoms with E-state index < -0.39 is 11.4 Å². The lowest BCUT2D eigenvalue weighted by Crippen LogP contribution is -2.39. The molecular formula is C24H21Cl2F2N3O2. The molecule has 1 aromatic heterocycles. The summed E-state index contributed by atoms with van der Waals surface area (Å²) in [5, 5.41) is 2.86. The maximum absolute atomic E-state index is 14.3. The van der Waals surface area contributed by atoms with E-state index in [0.29, 0.717) is 25.9 Å². The van der Waals surface area contributed by atoms with Gasteiger partial charge in [-0.15, -0.1) is 0 Å². The molecule has 1 aliphatic rings. The van der Waals surface area contributed by atoms with E-state index in [-0.39, 0.29) is 44.6 Å². The third-order valence-corrected chi connectivity index (χ3v) is 6.45. The molecule has 1 aliphatic heterocycles. The summed E-state index contributed by atoms with van der Waals surface area (Å²) in [7, 11) is 1.50. The minimum absolute atomic E-state index is 0.00159. The lowest BCUT2D eigenvalue weighted by atomic mass is 9.89. The molecule has 2 aromatic carbocycles. The van der Waals surface area contributed by atoms with Gasteiger partial charge >= 0.3 is 0 Å². The number of carbonyl (C=O) groups excluding carboxylic acids is 1. The first-order valence-electron chi connectivity index (χ1n) is 10.4. The van der Waals surface area contributed by atoms with Gasteiger partial charge in [-0.2, -0.15) is 0 Å². The second-order valence-corrected chi connectivity index (χ2v) is 8.83. The van der Waals surface area contributed by atoms with Crippen LogP contribution in [0.1, 0.15) is 34.7 Å². The van der Waals surface area contributed by atoms with Gasteiger partial charge in [0.05, 0.1) is 16.9 Å². The molecule has 0 spiro atoms. The first-order valence-corrected chi connectivity index (χ1v) is 11.2. The van der Waals surface area contributed by atoms with E-state index >= 15 is 0 Å². The molecule has 0 unspecified atom stereocenters. The molecule has 9 heteroatoms. The number of pyridine rings is 1. The van der Waals surface area contributed by atoms with Gasteiger partial charge in [-0.1, -0.05) is 35.3 Å². The number of nitrogens with zero attached hydrogens (tertiary/aromatic N) is 2. The standard InChI is InChI=1S/C24H21Cl2F2N3O2/c1-30-13-18(22(21(26)24(30)33)29-20-12-16(25)4-7-19(20)28)23(32)31-10-8-15(9-11-31)14-2-5-17(27)6-3-14/h2-7,12-13,15,29H,8-11H2,1H3. The molecule has 33 heavy (non-hydrogen) atoms. The monoisotopic (exact) mass is 491 g/mol. The van der Waals surface area contributed by atoms with Crippen molar-refractivity contribution >= 4 is 40.5 Å². The van der Waals surface area contributed by atoms with Crippen LogP contribution in [0.3, 0.4) is 0 Å². The van der Waals surface area contributed by atoms with Crippen LogP contribution in [-0.2, 0) is 7.05 Å². The van der Waals surface area contributed by atoms with Crippen molar-refractivity contribution in [2.45, 2.75) is 18.8 Å². The van der Waals surface area contributed by atoms with E-state index in [1.807, 2.05) is 0 Å². The number of hydrogen-bond acceptors (Lipinski definition) is 3. The molecule has 0 aliphatic carbocycles. The van der Waals surface area contributed by atoms with Crippen LogP contribution in [0.15, 0.2) is 53.5 Å². The Hall–Kier alpha value is -2.90. The summed E-state index contributed by atoms with van der Waals surface area (Å²) < 4.78 is 28.8. The quantitative estimate of drug-likeness (QED) is 0.506. The van der Waals surface area contributed by atoms with Crippen molar-refractivity contribution in [1.82, 2.24) is 9.47 Å². The van der Waals surface area contributed by atoms with Crippen LogP contribution < -0.4 is 10.9 Å². The molecule has 0 saturated carbocycles. The number of aryl methyl sites for hydroxylation is 1. The normalized spacial score (nSPS) is 14.4. The van der Waals surface area contributed by atoms with Crippen molar-refractivity contribution < 1.29 is 13.6 Å². The predicted octanol–water partition coefficient (Wildman–Crippen LogP) is 5.73. The largest absolute Gasteiger partial charge is 0.351 e. The SMILES string of the molecule is Cn1cc(C(=O)N2CCC(c3ccc(F)cc3)CC2)c(Nc2cc(Cl)ccc2F)c(Cl)c1=O. The number of benzene rings is 2. The van der Waals surface area contributed by atoms with Crippen molar-refractivity contribution in [2.24, 2.45) is 7.05 Å². The number of rotatable bonds is 4. The number of anilines is 2. The van der Waals surface area contributed by atoms with Gasteiger partial charge in [0.1, 0.15) is 16.7 Å². The average molecular weight is 492 g/mol. The van der Waals surface area contributed by atoms with Crippen LogP contribution >= 0.6 is 23.2 Å². The number of amides is 1. The number of piperidine rings is 1. The number of nitrogens with one attached hydrogen (secondary N) is 1. The lowest BCUT2D eigenvalue weighted by Gasteiger charge is -2.33. The van der Waals surface area contributed by atoms with Gasteiger partial charge in [0.25, 0.3) is 11.5 Å². The summed E-state index contributed by atoms with van der Waals surface area (Å²) >= 11 is 12.3. The Balaban J connectivity index is 1.60. The number of hydrogen-bond donors (Lipinski definition) is 1. The van der Waals surface area contributed by atoms with E-state index in [2.05, 4.69) is 5.32 Å². The third-order valence-electron chi connectivity index (χ3n) is 5.86. The van der Waals surface area contributed by atoms with Gasteiger partial charge in [-0.3, -0.25) is 9.59 Å². The van der Waals surface area contributed by atoms with E-state index in [9.17, 15) is 18.4 Å². The minimum Gasteiger partial charge on any atom is -0.351 e. The Morgan fingerprint density at radius 2 is 1.73 bits per heavy atom. The number of likely N-dealkylation sites (tertiary alicyclic amines) is 1. The summed E-state index contributed by atoms with van der Waals surface area (Å²) in [6.45, 7) is 0.957. The Bertz CT molecular complexity index is 1250. The molecule has 0 atom stereocenters. The van der Waals surface area contributed by atoms with Crippen LogP contribution in [0.4, 0.5) is 20.2 Å². The van der Waals surface area contributed by atoms with Gasteiger partial charge in [0.2, 0.25) is 0 Å². The smallest absolute Gasteiger partial charge is 0.271 e. The highest BCUT2D eigenvalue weighted by molar-refractivity contribution is 6.34. The highest BCUT2D eigenvalue weighted by atomic mass is 35.5. The Morgan fingerprint density at radius 3 is 2.39 bits per heavy atom. The summed E-state index contributed by atoms with van der Waals surface area (Å²) in [4.78, 5) is 27.5. The minimum atomic E-state index is -0.602. The number of halogens is 4. The Kier molecular flexibility index (Phi) is 6.72. The molecular weight excluding hydrogens is 471 g/mol. The van der Waals surface area contributed by atoms with Crippen molar-refractivity contribution in [3.8, 4) is 0 Å². The van der Waals surface area contributed by atoms with Crippen molar-refractivity contribution in [3.63, 3.8) is 0 Å². The fraction of sp³-hybridized carbons (Fsp3) is 0.250. The first kappa shape index (κ1) is 23.3. The Morgan fingerprint density at radius 1 is 1.06 bits per heavy atom. The van der Waals surface area contributed by atoms with E-state index in [4.69, 9.17) is 23.2 Å². The molecule has 1 N–H and O–H groups in total. The first-order chi connectivity index (χ1) is 15.7. The zero-order valence-electron chi connectivity index (χ0n) is 17.7. The molecule has 1 saturated heterocycles. The molecule has 0 bridgehead atoms. The molecule has 172 valence electrons. The summed E-state index contributed by atoms with van der Waals surface area (Å²) in [6.07, 6.45) is 2.82. The molecule has 4 rings (SSSR count). The zero-order chi connectivity index (χ0) is 23.7. The van der Waals surface area contributed by atoms with Crippen LogP contribution in [0.2, 0.25) is 10.0 Å². The van der Waals surface area contributed by atoms with E-state index in [1.54, 1.807) is 17.0 Å². The van der Waals surface area contributed by atoms with Gasteiger partial charge in [0, 0.05) is 31.4 Å². The summed E-state index contributed by atoms with van der Waals surface area (Å²) in [5.74, 6) is -0.990. The predicted molar refractivity (Wildman–Crippen MR) is 126 cm³/mol. The third kappa shape index (κ3) is 4.89. The molecule has 2 heterocycles.